The highest BCUT2D eigenvalue weighted by molar-refractivity contribution is 6.10. The molecule has 1 saturated heterocycles. The van der Waals surface area contributed by atoms with E-state index in [0.717, 1.165) is 24.2 Å². The van der Waals surface area contributed by atoms with Gasteiger partial charge in [-0.15, -0.1) is 0 Å². The fourth-order valence-electron chi connectivity index (χ4n) is 4.11. The summed E-state index contributed by atoms with van der Waals surface area (Å²) in [7, 11) is 0. The third kappa shape index (κ3) is 3.63. The van der Waals surface area contributed by atoms with Gasteiger partial charge in [-0.1, -0.05) is 24.3 Å². The Morgan fingerprint density at radius 1 is 1.19 bits per heavy atom. The summed E-state index contributed by atoms with van der Waals surface area (Å²) in [4.78, 5) is 49.5. The second-order valence-corrected chi connectivity index (χ2v) is 8.09. The molecule has 1 atom stereocenters. The number of hydrogen-bond acceptors (Lipinski definition) is 5. The topological polar surface area (TPSA) is 122 Å². The first-order valence-corrected chi connectivity index (χ1v) is 10.0. The summed E-state index contributed by atoms with van der Waals surface area (Å²) in [5.41, 5.74) is 2.58. The minimum absolute atomic E-state index is 0.167. The quantitative estimate of drug-likeness (QED) is 0.436. The number of nitrogens with zero attached hydrogens (tertiary/aromatic N) is 2. The maximum absolute atomic E-state index is 13.1. The molecular formula is C22H22N4O5. The molecule has 31 heavy (non-hydrogen) atoms. The summed E-state index contributed by atoms with van der Waals surface area (Å²) in [6.45, 7) is 2.83. The molecule has 1 fully saturated rings. The van der Waals surface area contributed by atoms with E-state index < -0.39 is 34.9 Å². The lowest BCUT2D eigenvalue weighted by Crippen LogP contribution is -2.42. The zero-order valence-corrected chi connectivity index (χ0v) is 17.2. The lowest BCUT2D eigenvalue weighted by molar-refractivity contribution is -0.384. The summed E-state index contributed by atoms with van der Waals surface area (Å²) in [6.07, 6.45) is 3.02. The van der Waals surface area contributed by atoms with Gasteiger partial charge >= 0.3 is 6.03 Å². The number of benzene rings is 2. The normalized spacial score (nSPS) is 19.9. The molecule has 2 N–H and O–H groups in total. The van der Waals surface area contributed by atoms with Crippen molar-refractivity contribution in [3.8, 4) is 0 Å². The lowest BCUT2D eigenvalue weighted by atomic mass is 9.89. The van der Waals surface area contributed by atoms with Crippen molar-refractivity contribution in [2.24, 2.45) is 0 Å². The first-order chi connectivity index (χ1) is 14.7. The number of carbonyl (C=O) groups excluding carboxylic acids is 3. The van der Waals surface area contributed by atoms with Gasteiger partial charge in [-0.2, -0.15) is 0 Å². The number of anilines is 1. The van der Waals surface area contributed by atoms with E-state index in [9.17, 15) is 24.5 Å². The molecule has 2 aromatic carbocycles. The molecule has 0 bridgehead atoms. The van der Waals surface area contributed by atoms with E-state index in [-0.39, 0.29) is 11.4 Å². The number of amides is 4. The van der Waals surface area contributed by atoms with Crippen LogP contribution in [0.1, 0.15) is 35.6 Å². The highest BCUT2D eigenvalue weighted by atomic mass is 16.6. The Morgan fingerprint density at radius 3 is 2.68 bits per heavy atom. The Balaban J connectivity index is 1.51. The second kappa shape index (κ2) is 7.50. The minimum Gasteiger partial charge on any atom is -0.324 e. The molecule has 9 heteroatoms. The molecule has 0 radical (unpaired) electrons. The monoisotopic (exact) mass is 422 g/mol. The molecule has 1 aliphatic heterocycles. The van der Waals surface area contributed by atoms with Gasteiger partial charge in [0.15, 0.2) is 0 Å². The van der Waals surface area contributed by atoms with Crippen LogP contribution in [0, 0.1) is 17.0 Å². The van der Waals surface area contributed by atoms with Crippen LogP contribution in [-0.2, 0) is 28.0 Å². The number of imide groups is 1. The van der Waals surface area contributed by atoms with Gasteiger partial charge in [0, 0.05) is 12.1 Å². The molecule has 0 saturated carbocycles. The summed E-state index contributed by atoms with van der Waals surface area (Å²) >= 11 is 0. The number of non-ortho nitro benzene ring substituents is 1. The largest absolute Gasteiger partial charge is 0.325 e. The Kier molecular flexibility index (Phi) is 4.96. The molecule has 2 aliphatic rings. The molecule has 9 nitrogen and oxygen atoms in total. The Labute approximate surface area is 178 Å². The van der Waals surface area contributed by atoms with Crippen LogP contribution in [0.2, 0.25) is 0 Å². The second-order valence-electron chi connectivity index (χ2n) is 8.09. The van der Waals surface area contributed by atoms with E-state index in [1.54, 1.807) is 13.8 Å². The number of urea groups is 1. The average molecular weight is 422 g/mol. The average Bonchev–Trinajstić information content (AvgIpc) is 3.28. The van der Waals surface area contributed by atoms with Crippen molar-refractivity contribution in [2.75, 3.05) is 11.9 Å². The first-order valence-electron chi connectivity index (χ1n) is 10.0. The number of carbonyl (C=O) groups is 3. The predicted octanol–water partition coefficient (Wildman–Crippen LogP) is 2.80. The molecule has 4 amide bonds. The first kappa shape index (κ1) is 20.5. The Hall–Kier alpha value is -3.75. The molecule has 0 aromatic heterocycles. The van der Waals surface area contributed by atoms with Crippen molar-refractivity contribution < 1.29 is 19.3 Å². The van der Waals surface area contributed by atoms with Crippen LogP contribution in [0.15, 0.2) is 36.4 Å². The van der Waals surface area contributed by atoms with Crippen LogP contribution in [0.4, 0.5) is 16.2 Å². The van der Waals surface area contributed by atoms with E-state index >= 15 is 0 Å². The van der Waals surface area contributed by atoms with Crippen molar-refractivity contribution in [1.82, 2.24) is 10.2 Å². The zero-order chi connectivity index (χ0) is 22.3. The molecule has 4 rings (SSSR count). The molecule has 1 heterocycles. The van der Waals surface area contributed by atoms with E-state index in [4.69, 9.17) is 0 Å². The van der Waals surface area contributed by atoms with Crippen molar-refractivity contribution in [1.29, 1.82) is 0 Å². The van der Waals surface area contributed by atoms with Crippen molar-refractivity contribution in [2.45, 2.75) is 38.6 Å². The summed E-state index contributed by atoms with van der Waals surface area (Å²) < 4.78 is 0. The van der Waals surface area contributed by atoms with E-state index in [2.05, 4.69) is 10.6 Å². The smallest absolute Gasteiger partial charge is 0.324 e. The third-order valence-electron chi connectivity index (χ3n) is 5.96. The van der Waals surface area contributed by atoms with Gasteiger partial charge in [-0.05, 0) is 55.4 Å². The van der Waals surface area contributed by atoms with Gasteiger partial charge in [0.25, 0.3) is 11.6 Å². The highest BCUT2D eigenvalue weighted by Crippen LogP contribution is 2.32. The molecule has 1 unspecified atom stereocenters. The maximum Gasteiger partial charge on any atom is 0.325 e. The molecule has 160 valence electrons. The number of nitro benzene ring substituents is 1. The number of fused-ring (bicyclic) bond motifs is 1. The summed E-state index contributed by atoms with van der Waals surface area (Å²) in [5.74, 6) is -1.13. The number of hydrogen-bond donors (Lipinski definition) is 2. The summed E-state index contributed by atoms with van der Waals surface area (Å²) in [5, 5.41) is 16.2. The van der Waals surface area contributed by atoms with Crippen LogP contribution in [0.5, 0.6) is 0 Å². The number of nitrogens with one attached hydrogen (secondary N) is 2. The highest BCUT2D eigenvalue weighted by Gasteiger charge is 2.49. The van der Waals surface area contributed by atoms with Gasteiger partial charge in [0.2, 0.25) is 5.91 Å². The van der Waals surface area contributed by atoms with Gasteiger partial charge < -0.3 is 10.6 Å². The number of nitro groups is 1. The van der Waals surface area contributed by atoms with Crippen LogP contribution in [0.25, 0.3) is 0 Å². The van der Waals surface area contributed by atoms with Gasteiger partial charge in [0.05, 0.1) is 10.6 Å². The molecule has 0 spiro atoms. The summed E-state index contributed by atoms with van der Waals surface area (Å²) in [6, 6.07) is 9.24. The van der Waals surface area contributed by atoms with Crippen molar-refractivity contribution >= 4 is 29.2 Å². The SMILES string of the molecule is Cc1ccc([N+](=O)[O-])cc1NC(=O)CN1C(=O)NC(C)(c2ccc3c(c2)CCC3)C1=O. The molecular weight excluding hydrogens is 400 g/mol. The fraction of sp³-hybridized carbons (Fsp3) is 0.318. The van der Waals surface area contributed by atoms with E-state index in [0.29, 0.717) is 11.1 Å². The van der Waals surface area contributed by atoms with Crippen molar-refractivity contribution in [3.63, 3.8) is 0 Å². The van der Waals surface area contributed by atoms with Crippen LogP contribution >= 0.6 is 0 Å². The number of aryl methyl sites for hydroxylation is 3. The number of rotatable bonds is 5. The minimum atomic E-state index is -1.25. The van der Waals surface area contributed by atoms with Crippen LogP contribution in [0.3, 0.4) is 0 Å². The van der Waals surface area contributed by atoms with E-state index in [1.807, 2.05) is 18.2 Å². The Bertz CT molecular complexity index is 1130. The predicted molar refractivity (Wildman–Crippen MR) is 113 cm³/mol. The van der Waals surface area contributed by atoms with Crippen molar-refractivity contribution in [3.05, 3.63) is 68.8 Å². The van der Waals surface area contributed by atoms with E-state index in [1.165, 1.54) is 29.3 Å². The standard InChI is InChI=1S/C22H22N4O5/c1-13-6-9-17(26(30)31)11-18(13)23-19(27)12-25-20(28)22(2,24-21(25)29)16-8-7-14-4-3-5-15(14)10-16/h6-11H,3-5,12H2,1-2H3,(H,23,27)(H,24,29). The fourth-order valence-corrected chi connectivity index (χ4v) is 4.11. The zero-order valence-electron chi connectivity index (χ0n) is 17.2. The lowest BCUT2D eigenvalue weighted by Gasteiger charge is -2.23. The van der Waals surface area contributed by atoms with Gasteiger partial charge in [0.1, 0.15) is 12.1 Å². The molecule has 2 aromatic rings. The Morgan fingerprint density at radius 2 is 1.94 bits per heavy atom. The van der Waals surface area contributed by atoms with Crippen LogP contribution in [-0.4, -0.2) is 34.2 Å². The van der Waals surface area contributed by atoms with Gasteiger partial charge in [-0.3, -0.25) is 24.6 Å². The molecule has 1 aliphatic carbocycles. The van der Waals surface area contributed by atoms with Gasteiger partial charge in [-0.25, -0.2) is 4.79 Å². The third-order valence-corrected chi connectivity index (χ3v) is 5.96. The van der Waals surface area contributed by atoms with Crippen LogP contribution < -0.4 is 10.6 Å². The maximum atomic E-state index is 13.1.